The van der Waals surface area contributed by atoms with Crippen LogP contribution in [0.15, 0.2) is 0 Å². The van der Waals surface area contributed by atoms with E-state index >= 15 is 0 Å². The number of ether oxygens (including phenoxy) is 1. The summed E-state index contributed by atoms with van der Waals surface area (Å²) >= 11 is 1.67. The van der Waals surface area contributed by atoms with E-state index in [0.29, 0.717) is 43.4 Å². The number of nitrogens with one attached hydrogen (secondary N) is 2. The van der Waals surface area contributed by atoms with Crippen molar-refractivity contribution in [2.75, 3.05) is 44.3 Å². The maximum atomic E-state index is 13.6. The molecule has 8 heteroatoms. The molecule has 0 aromatic rings. The Labute approximate surface area is 288 Å². The Bertz CT molecular complexity index is 762. The first-order chi connectivity index (χ1) is 22.4. The molecule has 0 aromatic heterocycles. The summed E-state index contributed by atoms with van der Waals surface area (Å²) in [7, 11) is 0. The topological polar surface area (TPSA) is 87.7 Å². The van der Waals surface area contributed by atoms with Gasteiger partial charge in [0.1, 0.15) is 6.04 Å². The normalized spacial score (nSPS) is 15.7. The van der Waals surface area contributed by atoms with Crippen molar-refractivity contribution >= 4 is 29.5 Å². The smallest absolute Gasteiger partial charge is 0.306 e. The largest absolute Gasteiger partial charge is 0.465 e. The highest BCUT2D eigenvalue weighted by Gasteiger charge is 2.25. The zero-order valence-electron chi connectivity index (χ0n) is 30.5. The lowest BCUT2D eigenvalue weighted by Gasteiger charge is -2.27. The number of esters is 1. The number of rotatable bonds is 30. The summed E-state index contributed by atoms with van der Waals surface area (Å²) in [4.78, 5) is 41.8. The summed E-state index contributed by atoms with van der Waals surface area (Å²) in [6.45, 7) is 13.0. The van der Waals surface area contributed by atoms with Crippen LogP contribution in [0, 0.1) is 11.8 Å². The third kappa shape index (κ3) is 22.3. The maximum absolute atomic E-state index is 13.6. The van der Waals surface area contributed by atoms with Crippen LogP contribution >= 0.6 is 11.8 Å². The van der Waals surface area contributed by atoms with E-state index in [1.54, 1.807) is 11.8 Å². The number of carbonyl (C=O) groups is 3. The van der Waals surface area contributed by atoms with E-state index in [1.807, 2.05) is 0 Å². The van der Waals surface area contributed by atoms with Crippen molar-refractivity contribution < 1.29 is 19.1 Å². The molecule has 0 aromatic carbocycles. The molecule has 46 heavy (non-hydrogen) atoms. The van der Waals surface area contributed by atoms with E-state index in [4.69, 9.17) is 4.74 Å². The number of carbonyl (C=O) groups excluding carboxylic acids is 3. The van der Waals surface area contributed by atoms with E-state index in [9.17, 15) is 14.4 Å². The van der Waals surface area contributed by atoms with Gasteiger partial charge in [0, 0.05) is 24.8 Å². The van der Waals surface area contributed by atoms with E-state index in [0.717, 1.165) is 71.0 Å². The van der Waals surface area contributed by atoms with Crippen LogP contribution in [0.1, 0.15) is 163 Å². The van der Waals surface area contributed by atoms with Crippen molar-refractivity contribution in [3.8, 4) is 0 Å². The van der Waals surface area contributed by atoms with E-state index < -0.39 is 6.04 Å². The van der Waals surface area contributed by atoms with Gasteiger partial charge in [-0.1, -0.05) is 118 Å². The van der Waals surface area contributed by atoms with E-state index in [-0.39, 0.29) is 23.7 Å². The number of likely N-dealkylation sites (tertiary alicyclic amines) is 1. The average Bonchev–Trinajstić information content (AvgIpc) is 3.06. The molecule has 1 aliphatic rings. The number of hydrogen-bond acceptors (Lipinski definition) is 6. The molecule has 7 nitrogen and oxygen atoms in total. The Morgan fingerprint density at radius 3 is 2.00 bits per heavy atom. The highest BCUT2D eigenvalue weighted by molar-refractivity contribution is 7.99. The van der Waals surface area contributed by atoms with Crippen molar-refractivity contribution in [1.82, 2.24) is 15.5 Å². The van der Waals surface area contributed by atoms with Crippen LogP contribution in [0.3, 0.4) is 0 Å². The number of nitrogens with zero attached hydrogens (tertiary/aromatic N) is 1. The van der Waals surface area contributed by atoms with Gasteiger partial charge in [-0.2, -0.15) is 11.8 Å². The van der Waals surface area contributed by atoms with Crippen LogP contribution in [0.25, 0.3) is 0 Å². The maximum Gasteiger partial charge on any atom is 0.306 e. The van der Waals surface area contributed by atoms with Gasteiger partial charge in [-0.25, -0.2) is 0 Å². The van der Waals surface area contributed by atoms with Gasteiger partial charge in [0.15, 0.2) is 0 Å². The second-order valence-electron chi connectivity index (χ2n) is 13.6. The Balaban J connectivity index is 2.66. The first-order valence-electron chi connectivity index (χ1n) is 19.5. The SMILES string of the molecule is CCCCCCCCC(CCCCCC)C(=O)NC(CCSCCC(=O)OCC(CC)CCCC)C(=O)NCCN1CCCCC1. The highest BCUT2D eigenvalue weighted by Crippen LogP contribution is 2.20. The summed E-state index contributed by atoms with van der Waals surface area (Å²) < 4.78 is 5.56. The predicted molar refractivity (Wildman–Crippen MR) is 196 cm³/mol. The molecule has 0 aliphatic carbocycles. The number of unbranched alkanes of at least 4 members (excludes halogenated alkanes) is 9. The fourth-order valence-corrected chi connectivity index (χ4v) is 7.15. The Hall–Kier alpha value is -1.28. The zero-order valence-corrected chi connectivity index (χ0v) is 31.3. The summed E-state index contributed by atoms with van der Waals surface area (Å²) in [5.41, 5.74) is 0. The third-order valence-corrected chi connectivity index (χ3v) is 10.5. The molecule has 0 bridgehead atoms. The van der Waals surface area contributed by atoms with Crippen molar-refractivity contribution in [2.45, 2.75) is 169 Å². The lowest BCUT2D eigenvalue weighted by molar-refractivity contribution is -0.144. The quantitative estimate of drug-likeness (QED) is 0.0589. The molecular weight excluding hydrogens is 595 g/mol. The third-order valence-electron chi connectivity index (χ3n) is 9.52. The van der Waals surface area contributed by atoms with Gasteiger partial charge in [-0.3, -0.25) is 14.4 Å². The van der Waals surface area contributed by atoms with Crippen LogP contribution < -0.4 is 10.6 Å². The predicted octanol–water partition coefficient (Wildman–Crippen LogP) is 8.68. The average molecular weight is 668 g/mol. The molecule has 3 atom stereocenters. The van der Waals surface area contributed by atoms with Crippen molar-refractivity contribution in [1.29, 1.82) is 0 Å². The minimum absolute atomic E-state index is 0.0293. The first-order valence-corrected chi connectivity index (χ1v) is 20.6. The summed E-state index contributed by atoms with van der Waals surface area (Å²) in [6.07, 6.45) is 22.9. The molecule has 270 valence electrons. The van der Waals surface area contributed by atoms with Crippen LogP contribution in [-0.4, -0.2) is 73.0 Å². The minimum Gasteiger partial charge on any atom is -0.465 e. The Kier molecular flexibility index (Phi) is 27.7. The lowest BCUT2D eigenvalue weighted by atomic mass is 9.93. The van der Waals surface area contributed by atoms with E-state index in [2.05, 4.69) is 43.2 Å². The zero-order chi connectivity index (χ0) is 33.7. The monoisotopic (exact) mass is 668 g/mol. The molecule has 1 fully saturated rings. The number of hydrogen-bond donors (Lipinski definition) is 2. The first kappa shape index (κ1) is 42.7. The van der Waals surface area contributed by atoms with Gasteiger partial charge in [0.05, 0.1) is 13.0 Å². The second kappa shape index (κ2) is 29.8. The second-order valence-corrected chi connectivity index (χ2v) is 14.8. The highest BCUT2D eigenvalue weighted by atomic mass is 32.2. The lowest BCUT2D eigenvalue weighted by Crippen LogP contribution is -2.50. The van der Waals surface area contributed by atoms with Crippen LogP contribution in [0.5, 0.6) is 0 Å². The van der Waals surface area contributed by atoms with Crippen molar-refractivity contribution in [3.63, 3.8) is 0 Å². The summed E-state index contributed by atoms with van der Waals surface area (Å²) in [5, 5.41) is 6.33. The van der Waals surface area contributed by atoms with Crippen LogP contribution in [-0.2, 0) is 19.1 Å². The molecule has 1 heterocycles. The van der Waals surface area contributed by atoms with Gasteiger partial charge in [0.25, 0.3) is 0 Å². The molecule has 2 N–H and O–H groups in total. The summed E-state index contributed by atoms with van der Waals surface area (Å²) in [5.74, 6) is 1.63. The van der Waals surface area contributed by atoms with Gasteiger partial charge in [-0.15, -0.1) is 0 Å². The molecule has 2 amide bonds. The van der Waals surface area contributed by atoms with Crippen LogP contribution in [0.4, 0.5) is 0 Å². The van der Waals surface area contributed by atoms with Gasteiger partial charge in [0.2, 0.25) is 11.8 Å². The fourth-order valence-electron chi connectivity index (χ4n) is 6.24. The van der Waals surface area contributed by atoms with Gasteiger partial charge in [-0.05, 0) is 63.3 Å². The van der Waals surface area contributed by atoms with Crippen molar-refractivity contribution in [2.24, 2.45) is 11.8 Å². The van der Waals surface area contributed by atoms with Crippen LogP contribution in [0.2, 0.25) is 0 Å². The molecule has 0 saturated carbocycles. The summed E-state index contributed by atoms with van der Waals surface area (Å²) in [6, 6.07) is -0.542. The Morgan fingerprint density at radius 2 is 1.35 bits per heavy atom. The molecule has 1 aliphatic heterocycles. The standard InChI is InChI=1S/C38H73N3O4S/c1-5-9-12-14-15-18-23-34(22-17-13-10-6-2)37(43)40-35(38(44)39-26-29-41-27-19-16-20-28-41)24-30-46-31-25-36(42)45-32-33(8-4)21-11-7-3/h33-35H,5-32H2,1-4H3,(H,39,44)(H,40,43). The molecule has 1 rings (SSSR count). The minimum atomic E-state index is -0.542. The molecule has 0 spiro atoms. The molecule has 0 radical (unpaired) electrons. The fraction of sp³-hybridized carbons (Fsp3) is 0.921. The van der Waals surface area contributed by atoms with Gasteiger partial charge >= 0.3 is 5.97 Å². The molecule has 1 saturated heterocycles. The Morgan fingerprint density at radius 1 is 0.717 bits per heavy atom. The number of thioether (sulfide) groups is 1. The number of piperidine rings is 1. The molecular formula is C38H73N3O4S. The van der Waals surface area contributed by atoms with Crippen molar-refractivity contribution in [3.05, 3.63) is 0 Å². The molecule has 3 unspecified atom stereocenters. The number of amides is 2. The van der Waals surface area contributed by atoms with Gasteiger partial charge < -0.3 is 20.3 Å². The van der Waals surface area contributed by atoms with E-state index in [1.165, 1.54) is 70.6 Å².